The zero-order valence-electron chi connectivity index (χ0n) is 89.6. The van der Waals surface area contributed by atoms with Crippen molar-refractivity contribution in [3.63, 3.8) is 0 Å². The first-order valence-corrected chi connectivity index (χ1v) is 42.2. The molecule has 678 valence electrons. The van der Waals surface area contributed by atoms with Crippen molar-refractivity contribution < 1.29 is 101 Å². The summed E-state index contributed by atoms with van der Waals surface area (Å²) >= 11 is 0. The number of nitrogens with zero attached hydrogens (tertiary/aromatic N) is 9. The Morgan fingerprint density at radius 3 is 0.644 bits per heavy atom. The third-order valence-electron chi connectivity index (χ3n) is 20.4. The SMILES string of the molecule is Cc1ccc(-c2ccc(-c3[c-]cccc3)nc2)cc1.Cc1cccnc1-c1ccc(-c2[c-]cccc2)nc1.[2H]C([2H])([2H])c1ccc(-c2ccc(-c3[c-]cccc3)nc2)cc1.[2H]C([2H])([2H])c1cnc(-c2[c-]cccc2)cc1C.[2H]C([2H])([2H])c1cnc(-c2[c-]cccc2)cc1C.[2H]C([2H])([2H])c1cnc(-c2[c-]cccc2)cc1C.[2H]C([2H])([2H])c1cnc(-c2[c-]cccc2)cc1C.[Ir].[Ir].[Ir].[Ir].[c-]1ccccc1-c1ccc(-c2ccccc2)cn1. The van der Waals surface area contributed by atoms with Crippen molar-refractivity contribution in [2.45, 2.75) is 75.8 Å². The van der Waals surface area contributed by atoms with Crippen molar-refractivity contribution in [2.24, 2.45) is 0 Å². The van der Waals surface area contributed by atoms with E-state index in [1.165, 1.54) is 41.5 Å². The molecule has 0 atom stereocenters. The average Bonchev–Trinajstić information content (AvgIpc) is 0.807. The number of benzene rings is 11. The Morgan fingerprint density at radius 2 is 0.415 bits per heavy atom. The minimum atomic E-state index is -2.10. The van der Waals surface area contributed by atoms with Crippen LogP contribution in [-0.4, -0.2) is 44.9 Å². The Kier molecular flexibility index (Phi) is 34.5. The van der Waals surface area contributed by atoms with Gasteiger partial charge in [-0.15, -0.1) is 287 Å². The third-order valence-corrected chi connectivity index (χ3v) is 20.4. The molecule has 4 radical (unpaired) electrons. The number of rotatable bonds is 12. The minimum Gasteiger partial charge on any atom is -0.304 e. The van der Waals surface area contributed by atoms with E-state index in [-0.39, 0.29) is 80.4 Å². The van der Waals surface area contributed by atoms with Gasteiger partial charge < -0.3 is 39.9 Å². The second-order valence-electron chi connectivity index (χ2n) is 30.0. The van der Waals surface area contributed by atoms with Crippen LogP contribution in [0.5, 0.6) is 0 Å². The van der Waals surface area contributed by atoms with Crippen LogP contribution < -0.4 is 0 Å². The van der Waals surface area contributed by atoms with E-state index in [9.17, 15) is 0 Å². The molecule has 0 aliphatic rings. The Morgan fingerprint density at radius 1 is 0.178 bits per heavy atom. The molecule has 0 amide bonds. The molecule has 20 aromatic rings. The van der Waals surface area contributed by atoms with Crippen LogP contribution in [0.25, 0.3) is 135 Å². The van der Waals surface area contributed by atoms with Crippen LogP contribution in [0.3, 0.4) is 0 Å². The van der Waals surface area contributed by atoms with Crippen LogP contribution in [0, 0.1) is 124 Å². The zero-order valence-corrected chi connectivity index (χ0v) is 84.2. The van der Waals surface area contributed by atoms with E-state index in [1.54, 1.807) is 76.5 Å². The number of hydrogen-bond donors (Lipinski definition) is 0. The molecular weight excluding hydrogens is 2360 g/mol. The van der Waals surface area contributed by atoms with E-state index in [2.05, 4.69) is 168 Å². The van der Waals surface area contributed by atoms with E-state index in [1.807, 2.05) is 279 Å². The van der Waals surface area contributed by atoms with Gasteiger partial charge in [-0.25, -0.2) is 0 Å². The minimum absolute atomic E-state index is 0. The van der Waals surface area contributed by atoms with Crippen molar-refractivity contribution >= 4 is 0 Å². The molecule has 0 aliphatic heterocycles. The van der Waals surface area contributed by atoms with Crippen LogP contribution in [0.2, 0.25) is 0 Å². The fourth-order valence-corrected chi connectivity index (χ4v) is 12.9. The van der Waals surface area contributed by atoms with Crippen molar-refractivity contribution in [3.8, 4) is 135 Å². The molecule has 0 bridgehead atoms. The first-order chi connectivity index (χ1) is 70.1. The molecule has 0 saturated carbocycles. The van der Waals surface area contributed by atoms with Gasteiger partial charge in [-0.1, -0.05) is 191 Å². The molecule has 9 aromatic heterocycles. The summed E-state index contributed by atoms with van der Waals surface area (Å²) in [5.74, 6) is 0. The standard InChI is InChI=1S/2C18H14N.C17H13N2.C17H12N.4C13H12N.4Ir/c2*1-14-7-9-15(10-8-14)17-11-12-18(19-13-17)16-5-3-2-4-6-16;1-13-6-5-11-18-17(13)15-9-10-16(19-12-15)14-7-3-2-4-8-14;1-3-7-14(8-4-1)16-11-12-17(18-13-16)15-9-5-2-6-10-15;4*1-10-8-13(14-9-11(10)2)12-6-4-3-5-7-12;;;;/h2*2-5,7-13H,1H3;2-7,9-12H,1H3;1-9,11-13H;4*3-6,8-9H,1-2H3;;;;/q8*-1;;;;/i1D3;;;;4*2D3;;;;. The van der Waals surface area contributed by atoms with Crippen LogP contribution in [0.4, 0.5) is 0 Å². The molecule has 0 N–H and O–H groups in total. The topological polar surface area (TPSA) is 116 Å². The van der Waals surface area contributed by atoms with Gasteiger partial charge in [0.05, 0.1) is 5.69 Å². The molecule has 0 unspecified atom stereocenters. The predicted molar refractivity (Wildman–Crippen MR) is 540 cm³/mol. The Bertz CT molecular complexity index is 7030. The summed E-state index contributed by atoms with van der Waals surface area (Å²) in [4.78, 5) is 39.1. The summed E-state index contributed by atoms with van der Waals surface area (Å²) in [6.45, 7) is 0.830. The summed E-state index contributed by atoms with van der Waals surface area (Å²) < 4.78 is 111. The number of pyridine rings is 9. The second-order valence-corrected chi connectivity index (χ2v) is 30.0. The molecule has 11 aromatic carbocycles. The van der Waals surface area contributed by atoms with Crippen LogP contribution >= 0.6 is 0 Å². The summed E-state index contributed by atoms with van der Waals surface area (Å²) in [6, 6.07) is 139. The second kappa shape index (κ2) is 55.1. The zero-order chi connectivity index (χ0) is 104. The maximum atomic E-state index is 7.39. The molecular formula is C122H101Ir4N9-8. The normalized spacial score (nSPS) is 12.1. The first kappa shape index (κ1) is 84.4. The van der Waals surface area contributed by atoms with E-state index in [0.717, 1.165) is 151 Å². The van der Waals surface area contributed by atoms with Crippen molar-refractivity contribution in [1.29, 1.82) is 0 Å². The fraction of sp³-hybridized carbons (Fsp3) is 0.0902. The van der Waals surface area contributed by atoms with E-state index in [4.69, 9.17) is 20.6 Å². The quantitative estimate of drug-likeness (QED) is 0.110. The van der Waals surface area contributed by atoms with Gasteiger partial charge in [-0.05, 0) is 189 Å². The maximum Gasteiger partial charge on any atom is 0.0745 e. The molecule has 135 heavy (non-hydrogen) atoms. The Labute approximate surface area is 873 Å². The monoisotopic (exact) mass is 2480 g/mol. The number of hydrogen-bond acceptors (Lipinski definition) is 9. The molecule has 0 aliphatic carbocycles. The molecule has 9 heterocycles. The Hall–Kier alpha value is -13.6. The fourth-order valence-electron chi connectivity index (χ4n) is 12.9. The number of aryl methyl sites for hydroxylation is 11. The van der Waals surface area contributed by atoms with Crippen LogP contribution in [-0.2, 0) is 80.4 Å². The van der Waals surface area contributed by atoms with Gasteiger partial charge in [0.2, 0.25) is 0 Å². The summed E-state index contributed by atoms with van der Waals surface area (Å²) in [7, 11) is 0. The van der Waals surface area contributed by atoms with Gasteiger partial charge in [0, 0.05) is 162 Å². The molecule has 0 saturated heterocycles. The van der Waals surface area contributed by atoms with Gasteiger partial charge in [0.15, 0.2) is 0 Å². The first-order valence-electron chi connectivity index (χ1n) is 49.7. The molecule has 13 heteroatoms. The van der Waals surface area contributed by atoms with Gasteiger partial charge in [-0.3, -0.25) is 4.98 Å². The smallest absolute Gasteiger partial charge is 0.0745 e. The summed E-state index contributed by atoms with van der Waals surface area (Å²) in [5, 5.41) is 0. The van der Waals surface area contributed by atoms with Crippen molar-refractivity contribution in [1.82, 2.24) is 44.9 Å². The third kappa shape index (κ3) is 32.1. The van der Waals surface area contributed by atoms with E-state index >= 15 is 0 Å². The largest absolute Gasteiger partial charge is 0.304 e. The van der Waals surface area contributed by atoms with Crippen molar-refractivity contribution in [2.75, 3.05) is 0 Å². The van der Waals surface area contributed by atoms with E-state index in [0.29, 0.717) is 27.8 Å². The molecule has 0 spiro atoms. The molecule has 20 rings (SSSR count). The molecule has 0 fully saturated rings. The average molecular weight is 2480 g/mol. The number of aromatic nitrogens is 9. The van der Waals surface area contributed by atoms with Crippen LogP contribution in [0.15, 0.2) is 414 Å². The predicted octanol–water partition coefficient (Wildman–Crippen LogP) is 29.8. The van der Waals surface area contributed by atoms with E-state index < -0.39 is 34.3 Å². The van der Waals surface area contributed by atoms with Crippen LogP contribution in [0.1, 0.15) is 81.8 Å². The van der Waals surface area contributed by atoms with Gasteiger partial charge in [-0.2, -0.15) is 0 Å². The maximum absolute atomic E-state index is 7.39. The summed E-state index contributed by atoms with van der Waals surface area (Å²) in [5.41, 5.74) is 29.7. The van der Waals surface area contributed by atoms with Gasteiger partial charge in [0.1, 0.15) is 0 Å². The summed E-state index contributed by atoms with van der Waals surface area (Å²) in [6.07, 6.45) is 15.0. The van der Waals surface area contributed by atoms with Gasteiger partial charge >= 0.3 is 0 Å². The molecule has 9 nitrogen and oxygen atoms in total. The Balaban J connectivity index is 0.000000190. The van der Waals surface area contributed by atoms with Gasteiger partial charge in [0.25, 0.3) is 0 Å². The van der Waals surface area contributed by atoms with Crippen molar-refractivity contribution in [3.05, 3.63) is 523 Å².